The molecular weight excluding hydrogens is 1830 g/mol. The predicted molar refractivity (Wildman–Crippen MR) is 530 cm³/mol. The molecular formula is C108H157F2NO30. The Morgan fingerprint density at radius 3 is 1.21 bits per heavy atom. The van der Waals surface area contributed by atoms with E-state index in [0.29, 0.717) is 47.9 Å². The molecule has 0 spiro atoms. The van der Waals surface area contributed by atoms with Crippen molar-refractivity contribution in [3.05, 3.63) is 166 Å². The fraction of sp³-hybridized carbons (Fsp3) is 0.556. The highest BCUT2D eigenvalue weighted by molar-refractivity contribution is 6.01. The van der Waals surface area contributed by atoms with E-state index < -0.39 is 113 Å². The highest BCUT2D eigenvalue weighted by atomic mass is 19.1. The minimum Gasteiger partial charge on any atom is -0.465 e. The molecule has 0 aliphatic rings. The standard InChI is InChI=1S/C21H32O2.C17H22O4.C13H20O7.C12H20O5.C12H18O5.C12H14O3.C11H21NO3.C10H10F2O/c1-15(2)14-19-9-11-20(12-10-19)18(6)21(22)23-13-7-8-17(5)16(3)4;1-12(2)13(3)8-7-11-20-17(19)15-9-5-6-10-16(15)21-14(4)18;1-7(2)12(17)13(20-10(5)16)11(19-9(4)15)6-18-8(3)14;2*1-8(2)12(15)5-11(6-16-9(3)13)7-17-10(4)14;1-8(2)12(14)10-6-4-5-7-11(10)15-9(3)13;1-7(2)9(13)8(3)12-10(14)15-11(4,5)6;1-6(2)10(13)7-3-8(11)5-9(12)4-7/h9-12,15-16,18H,5,7-8,13-14H2,1-4,6H3;5-6,9-10,12H,3,7-8,11H2,1-2,4H3;7,11,13H,6H2,1-5H3;8,11H,5-7H2,1-4H3;5,8H,6-7H2,1-4H3;4-8H,1-3H3;7-8H,1-6H3,(H,12,14);3-6H,1-2H3/t;;11-,13-;;;;8-;/m..0...1./s1. The predicted octanol–water partition coefficient (Wildman–Crippen LogP) is 19.9. The molecule has 1 amide bonds. The Morgan fingerprint density at radius 1 is 0.418 bits per heavy atom. The molecule has 788 valence electrons. The molecule has 31 nitrogen and oxygen atoms in total. The Labute approximate surface area is 832 Å². The van der Waals surface area contributed by atoms with E-state index in [1.807, 2.05) is 32.9 Å². The number of nitrogens with one attached hydrogen (secondary N) is 1. The number of Topliss-reactive ketones (excluding diaryl/α,β-unsaturated/α-hetero) is 5. The number of para-hydroxylation sites is 2. The van der Waals surface area contributed by atoms with Gasteiger partial charge in [-0.3, -0.25) is 76.7 Å². The number of alkyl carbamates (subject to hydrolysis) is 1. The molecule has 0 heterocycles. The number of halogens is 2. The van der Waals surface area contributed by atoms with Gasteiger partial charge in [0.25, 0.3) is 0 Å². The van der Waals surface area contributed by atoms with E-state index in [9.17, 15) is 95.1 Å². The molecule has 4 aromatic carbocycles. The number of carbonyl (C=O) groups excluding carboxylic acids is 18. The summed E-state index contributed by atoms with van der Waals surface area (Å²) in [5.74, 6) is -6.80. The third-order valence-electron chi connectivity index (χ3n) is 18.8. The van der Waals surface area contributed by atoms with Crippen LogP contribution in [-0.4, -0.2) is 177 Å². The van der Waals surface area contributed by atoms with Gasteiger partial charge in [-0.25, -0.2) is 18.4 Å². The summed E-state index contributed by atoms with van der Waals surface area (Å²) in [5.41, 5.74) is 5.44. The summed E-state index contributed by atoms with van der Waals surface area (Å²) in [7, 11) is 0. The van der Waals surface area contributed by atoms with Gasteiger partial charge in [-0.1, -0.05) is 197 Å². The highest BCUT2D eigenvalue weighted by Crippen LogP contribution is 2.26. The molecule has 4 rings (SSSR count). The maximum atomic E-state index is 12.7. The van der Waals surface area contributed by atoms with Crippen molar-refractivity contribution in [2.75, 3.05) is 46.2 Å². The topological polar surface area (TPSA) is 430 Å². The fourth-order valence-electron chi connectivity index (χ4n) is 10.9. The second-order valence-electron chi connectivity index (χ2n) is 36.8. The molecule has 141 heavy (non-hydrogen) atoms. The number of benzene rings is 4. The Kier molecular flexibility index (Phi) is 69.4. The highest BCUT2D eigenvalue weighted by Gasteiger charge is 2.36. The summed E-state index contributed by atoms with van der Waals surface area (Å²) >= 11 is 0. The summed E-state index contributed by atoms with van der Waals surface area (Å²) in [4.78, 5) is 203. The van der Waals surface area contributed by atoms with Crippen LogP contribution >= 0.6 is 0 Å². The van der Waals surface area contributed by atoms with Crippen LogP contribution in [0.15, 0.2) is 127 Å². The van der Waals surface area contributed by atoms with E-state index in [4.69, 9.17) is 56.8 Å². The third kappa shape index (κ3) is 68.2. The van der Waals surface area contributed by atoms with E-state index in [2.05, 4.69) is 72.1 Å². The van der Waals surface area contributed by atoms with Gasteiger partial charge in [-0.05, 0) is 138 Å². The molecule has 33 heteroatoms. The number of esters is 11. The van der Waals surface area contributed by atoms with Gasteiger partial charge in [-0.2, -0.15) is 0 Å². The average Bonchev–Trinajstić information content (AvgIpc) is 0.850. The average molecular weight is 1990 g/mol. The van der Waals surface area contributed by atoms with Gasteiger partial charge in [0, 0.05) is 127 Å². The number of hydrogen-bond donors (Lipinski definition) is 1. The first kappa shape index (κ1) is 135. The van der Waals surface area contributed by atoms with E-state index in [0.717, 1.165) is 75.3 Å². The summed E-state index contributed by atoms with van der Waals surface area (Å²) in [6.07, 6.45) is 3.00. The van der Waals surface area contributed by atoms with Crippen LogP contribution in [0.2, 0.25) is 0 Å². The van der Waals surface area contributed by atoms with E-state index in [-0.39, 0.29) is 133 Å². The maximum absolute atomic E-state index is 12.7. The quantitative estimate of drug-likeness (QED) is 0.00817. The number of carbonyl (C=O) groups is 18. The van der Waals surface area contributed by atoms with Gasteiger partial charge in [0.1, 0.15) is 59.9 Å². The maximum Gasteiger partial charge on any atom is 0.408 e. The van der Waals surface area contributed by atoms with Crippen molar-refractivity contribution in [1.29, 1.82) is 0 Å². The second-order valence-corrected chi connectivity index (χ2v) is 36.8. The number of ether oxygens (including phenoxy) is 12. The summed E-state index contributed by atoms with van der Waals surface area (Å²) in [5, 5.41) is 2.51. The van der Waals surface area contributed by atoms with Gasteiger partial charge in [0.2, 0.25) is 0 Å². The lowest BCUT2D eigenvalue weighted by Crippen LogP contribution is -2.45. The van der Waals surface area contributed by atoms with E-state index >= 15 is 0 Å². The van der Waals surface area contributed by atoms with Crippen LogP contribution in [0.1, 0.15) is 302 Å². The molecule has 0 bridgehead atoms. The SMILES string of the molecule is C=C(CCCOC(=O)C(C)c1ccc(CC(C)C)cc1)C(C)C.C=C(CCCOC(=O)c1ccccc1OC(C)=O)C(C)C.CC(=O)OCC(=CC(=O)C(C)C)COC(C)=O.CC(=O)OCC(COC(C)=O)CC(=O)C(C)C.CC(=O)OC[C@H](OC(C)=O)[C@H](OC(C)=O)C(=O)C(C)C.CC(=O)Oc1ccccc1C(=O)C(C)C.CC(C)C(=O)[C@@H](C)NC(=O)OC(C)(C)C.CC(C)C(=O)c1cc(F)cc(F)c1. The second kappa shape index (κ2) is 72.7. The first-order valence-electron chi connectivity index (χ1n) is 46.9. The fourth-order valence-corrected chi connectivity index (χ4v) is 10.9. The summed E-state index contributed by atoms with van der Waals surface area (Å²) in [6, 6.07) is 24.0. The Hall–Kier alpha value is -12.6. The van der Waals surface area contributed by atoms with Gasteiger partial charge in [0.15, 0.2) is 41.1 Å². The third-order valence-corrected chi connectivity index (χ3v) is 18.8. The lowest BCUT2D eigenvalue weighted by Gasteiger charge is -2.26. The van der Waals surface area contributed by atoms with Crippen LogP contribution < -0.4 is 14.8 Å². The van der Waals surface area contributed by atoms with Crippen LogP contribution in [-0.2, 0) is 121 Å². The summed E-state index contributed by atoms with van der Waals surface area (Å²) < 4.78 is 84.7. The van der Waals surface area contributed by atoms with Crippen molar-refractivity contribution < 1.29 is 152 Å². The number of hydrogen-bond acceptors (Lipinski definition) is 30. The van der Waals surface area contributed by atoms with Gasteiger partial charge >= 0.3 is 71.8 Å². The minimum absolute atomic E-state index is 0.000796. The largest absolute Gasteiger partial charge is 0.465 e. The number of amides is 1. The van der Waals surface area contributed by atoms with Gasteiger partial charge in [0.05, 0.1) is 44.0 Å². The first-order valence-corrected chi connectivity index (χ1v) is 46.9. The Balaban J connectivity index is -0.000000765. The zero-order chi connectivity index (χ0) is 110. The molecule has 4 atom stereocenters. The minimum atomic E-state index is -1.30. The van der Waals surface area contributed by atoms with Crippen molar-refractivity contribution in [1.82, 2.24) is 5.32 Å². The molecule has 0 saturated heterocycles. The zero-order valence-corrected chi connectivity index (χ0v) is 88.9. The van der Waals surface area contributed by atoms with Crippen molar-refractivity contribution in [3.63, 3.8) is 0 Å². The number of allylic oxidation sites excluding steroid dienone is 3. The van der Waals surface area contributed by atoms with Gasteiger partial charge in [-0.15, -0.1) is 0 Å². The van der Waals surface area contributed by atoms with Crippen molar-refractivity contribution >= 4 is 106 Å². The van der Waals surface area contributed by atoms with Crippen LogP contribution in [0.5, 0.6) is 11.5 Å². The molecule has 0 radical (unpaired) electrons. The molecule has 0 aliphatic carbocycles. The van der Waals surface area contributed by atoms with Crippen molar-refractivity contribution in [2.24, 2.45) is 59.2 Å². The number of rotatable bonds is 44. The lowest BCUT2D eigenvalue weighted by atomic mass is 9.97. The Bertz CT molecular complexity index is 4660. The van der Waals surface area contributed by atoms with E-state index in [1.54, 1.807) is 145 Å². The lowest BCUT2D eigenvalue weighted by molar-refractivity contribution is -0.177. The first-order chi connectivity index (χ1) is 65.2. The van der Waals surface area contributed by atoms with Crippen molar-refractivity contribution in [3.8, 4) is 11.5 Å². The van der Waals surface area contributed by atoms with Gasteiger partial charge < -0.3 is 62.2 Å². The Morgan fingerprint density at radius 2 is 0.830 bits per heavy atom. The zero-order valence-electron chi connectivity index (χ0n) is 88.9. The molecule has 1 N–H and O–H groups in total. The van der Waals surface area contributed by atoms with Crippen LogP contribution in [0.25, 0.3) is 0 Å². The molecule has 0 aromatic heterocycles. The molecule has 0 fully saturated rings. The molecule has 1 unspecified atom stereocenters. The molecule has 0 saturated carbocycles. The van der Waals surface area contributed by atoms with Crippen LogP contribution in [0.4, 0.5) is 13.6 Å². The smallest absolute Gasteiger partial charge is 0.408 e. The van der Waals surface area contributed by atoms with Crippen molar-refractivity contribution in [2.45, 2.75) is 290 Å². The molecule has 4 aromatic rings. The normalized spacial score (nSPS) is 11.4. The van der Waals surface area contributed by atoms with E-state index in [1.165, 1.54) is 65.7 Å². The molecule has 0 aliphatic heterocycles. The summed E-state index contributed by atoms with van der Waals surface area (Å²) in [6.45, 7) is 62.5. The van der Waals surface area contributed by atoms with Crippen LogP contribution in [0.3, 0.4) is 0 Å². The van der Waals surface area contributed by atoms with Crippen LogP contribution in [0, 0.1) is 70.8 Å². The number of ketones is 6. The monoisotopic (exact) mass is 1990 g/mol.